The van der Waals surface area contributed by atoms with E-state index in [9.17, 15) is 22.8 Å². The standard InChI is InChI=1S/C17H14F3N3O3/c1-11-9-14(24)15(16(25)26-8-3-2-7-21)22-23(11)13-6-4-5-12(10-13)17(18,19)20/h4-6,9-10H,2-3,8H2,1H3. The zero-order valence-electron chi connectivity index (χ0n) is 13.7. The van der Waals surface area contributed by atoms with Crippen molar-refractivity contribution >= 4 is 5.97 Å². The van der Waals surface area contributed by atoms with Gasteiger partial charge in [0.05, 0.1) is 23.9 Å². The molecular weight excluding hydrogens is 351 g/mol. The Kier molecular flexibility index (Phi) is 5.77. The summed E-state index contributed by atoms with van der Waals surface area (Å²) < 4.78 is 44.6. The van der Waals surface area contributed by atoms with E-state index in [1.165, 1.54) is 19.1 Å². The third-order valence-electron chi connectivity index (χ3n) is 3.38. The largest absolute Gasteiger partial charge is 0.461 e. The molecule has 0 spiro atoms. The number of aryl methyl sites for hydroxylation is 1. The van der Waals surface area contributed by atoms with E-state index in [0.717, 1.165) is 22.9 Å². The minimum atomic E-state index is -4.54. The summed E-state index contributed by atoms with van der Waals surface area (Å²) in [5.74, 6) is -0.992. The topological polar surface area (TPSA) is 85.0 Å². The zero-order chi connectivity index (χ0) is 19.3. The molecule has 1 aromatic heterocycles. The molecule has 0 saturated heterocycles. The summed E-state index contributed by atoms with van der Waals surface area (Å²) in [6, 6.07) is 7.34. The van der Waals surface area contributed by atoms with E-state index in [2.05, 4.69) is 5.10 Å². The number of halogens is 3. The van der Waals surface area contributed by atoms with Gasteiger partial charge in [-0.2, -0.15) is 23.5 Å². The summed E-state index contributed by atoms with van der Waals surface area (Å²) >= 11 is 0. The van der Waals surface area contributed by atoms with E-state index >= 15 is 0 Å². The van der Waals surface area contributed by atoms with Crippen LogP contribution in [0.1, 0.15) is 34.6 Å². The van der Waals surface area contributed by atoms with Crippen LogP contribution in [-0.4, -0.2) is 22.4 Å². The van der Waals surface area contributed by atoms with Crippen LogP contribution in [0.25, 0.3) is 5.69 Å². The van der Waals surface area contributed by atoms with Gasteiger partial charge in [0.2, 0.25) is 11.1 Å². The molecule has 2 aromatic rings. The predicted octanol–water partition coefficient (Wildman–Crippen LogP) is 3.02. The van der Waals surface area contributed by atoms with Crippen molar-refractivity contribution in [3.63, 3.8) is 0 Å². The molecule has 136 valence electrons. The van der Waals surface area contributed by atoms with Crippen LogP contribution >= 0.6 is 0 Å². The van der Waals surface area contributed by atoms with Crippen LogP contribution < -0.4 is 5.43 Å². The summed E-state index contributed by atoms with van der Waals surface area (Å²) in [4.78, 5) is 24.0. The number of aromatic nitrogens is 2. The van der Waals surface area contributed by atoms with E-state index in [1.807, 2.05) is 6.07 Å². The van der Waals surface area contributed by atoms with Gasteiger partial charge in [-0.1, -0.05) is 6.07 Å². The number of rotatable bonds is 5. The number of hydrogen-bond acceptors (Lipinski definition) is 5. The fraction of sp³-hybridized carbons (Fsp3) is 0.294. The number of benzene rings is 1. The molecule has 6 nitrogen and oxygen atoms in total. The van der Waals surface area contributed by atoms with Gasteiger partial charge in [0.25, 0.3) is 0 Å². The van der Waals surface area contributed by atoms with Crippen molar-refractivity contribution in [1.29, 1.82) is 5.26 Å². The van der Waals surface area contributed by atoms with Crippen LogP contribution in [0.5, 0.6) is 0 Å². The number of esters is 1. The monoisotopic (exact) mass is 365 g/mol. The molecular formula is C17H14F3N3O3. The summed E-state index contributed by atoms with van der Waals surface area (Å²) in [6.45, 7) is 1.42. The Morgan fingerprint density at radius 2 is 2.08 bits per heavy atom. The number of alkyl halides is 3. The van der Waals surface area contributed by atoms with Crippen molar-refractivity contribution in [3.8, 4) is 11.8 Å². The quantitative estimate of drug-likeness (QED) is 0.601. The number of ether oxygens (including phenoxy) is 1. The van der Waals surface area contributed by atoms with Crippen LogP contribution in [-0.2, 0) is 10.9 Å². The molecule has 0 aliphatic rings. The lowest BCUT2D eigenvalue weighted by Gasteiger charge is -2.13. The lowest BCUT2D eigenvalue weighted by molar-refractivity contribution is -0.137. The van der Waals surface area contributed by atoms with Crippen molar-refractivity contribution in [2.45, 2.75) is 25.9 Å². The molecule has 1 aromatic carbocycles. The molecule has 0 N–H and O–H groups in total. The highest BCUT2D eigenvalue weighted by molar-refractivity contribution is 5.86. The molecule has 0 saturated carbocycles. The SMILES string of the molecule is Cc1cc(=O)c(C(=O)OCCCC#N)nn1-c1cccc(C(F)(F)F)c1. The second-order valence-electron chi connectivity index (χ2n) is 5.36. The fourth-order valence-electron chi connectivity index (χ4n) is 2.15. The van der Waals surface area contributed by atoms with Crippen molar-refractivity contribution in [1.82, 2.24) is 9.78 Å². The Morgan fingerprint density at radius 3 is 2.73 bits per heavy atom. The minimum Gasteiger partial charge on any atom is -0.461 e. The number of unbranched alkanes of at least 4 members (excludes halogenated alkanes) is 1. The van der Waals surface area contributed by atoms with Crippen molar-refractivity contribution < 1.29 is 22.7 Å². The molecule has 0 unspecified atom stereocenters. The second kappa shape index (κ2) is 7.82. The van der Waals surface area contributed by atoms with E-state index in [-0.39, 0.29) is 24.4 Å². The van der Waals surface area contributed by atoms with Crippen LogP contribution in [0.15, 0.2) is 35.1 Å². The molecule has 26 heavy (non-hydrogen) atoms. The Labute approximate surface area is 146 Å². The third-order valence-corrected chi connectivity index (χ3v) is 3.38. The molecule has 9 heteroatoms. The first-order valence-corrected chi connectivity index (χ1v) is 7.56. The maximum atomic E-state index is 12.9. The van der Waals surface area contributed by atoms with Crippen LogP contribution in [0.2, 0.25) is 0 Å². The highest BCUT2D eigenvalue weighted by Crippen LogP contribution is 2.30. The highest BCUT2D eigenvalue weighted by atomic mass is 19.4. The van der Waals surface area contributed by atoms with Crippen molar-refractivity contribution in [2.75, 3.05) is 6.61 Å². The lowest BCUT2D eigenvalue weighted by atomic mass is 10.2. The van der Waals surface area contributed by atoms with Gasteiger partial charge >= 0.3 is 12.1 Å². The molecule has 0 aliphatic heterocycles. The molecule has 0 radical (unpaired) electrons. The normalized spacial score (nSPS) is 11.0. The van der Waals surface area contributed by atoms with E-state index < -0.39 is 28.8 Å². The molecule has 0 bridgehead atoms. The Balaban J connectivity index is 2.38. The van der Waals surface area contributed by atoms with Crippen LogP contribution in [0.3, 0.4) is 0 Å². The number of carbonyl (C=O) groups excluding carboxylic acids is 1. The Hall–Kier alpha value is -3.15. The maximum Gasteiger partial charge on any atom is 0.416 e. The van der Waals surface area contributed by atoms with Gasteiger partial charge in [0, 0.05) is 18.2 Å². The van der Waals surface area contributed by atoms with Crippen LogP contribution in [0, 0.1) is 18.3 Å². The average Bonchev–Trinajstić information content (AvgIpc) is 2.58. The zero-order valence-corrected chi connectivity index (χ0v) is 13.7. The molecule has 0 amide bonds. The maximum absolute atomic E-state index is 12.9. The molecule has 0 atom stereocenters. The first kappa shape index (κ1) is 19.2. The Morgan fingerprint density at radius 1 is 1.35 bits per heavy atom. The van der Waals surface area contributed by atoms with Gasteiger partial charge in [0.1, 0.15) is 0 Å². The highest BCUT2D eigenvalue weighted by Gasteiger charge is 2.30. The molecule has 1 heterocycles. The van der Waals surface area contributed by atoms with Crippen LogP contribution in [0.4, 0.5) is 13.2 Å². The van der Waals surface area contributed by atoms with Crippen molar-refractivity contribution in [2.24, 2.45) is 0 Å². The summed E-state index contributed by atoms with van der Waals surface area (Å²) in [6.07, 6.45) is -4.05. The number of nitriles is 1. The average molecular weight is 365 g/mol. The first-order chi connectivity index (χ1) is 12.2. The lowest BCUT2D eigenvalue weighted by Crippen LogP contribution is -2.24. The predicted molar refractivity (Wildman–Crippen MR) is 84.7 cm³/mol. The number of carbonyl (C=O) groups is 1. The van der Waals surface area contributed by atoms with Gasteiger partial charge in [-0.05, 0) is 31.5 Å². The van der Waals surface area contributed by atoms with Gasteiger partial charge in [-0.3, -0.25) is 4.79 Å². The summed E-state index contributed by atoms with van der Waals surface area (Å²) in [5.41, 5.74) is -1.80. The van der Waals surface area contributed by atoms with Gasteiger partial charge in [-0.25, -0.2) is 9.48 Å². The molecule has 0 fully saturated rings. The second-order valence-corrected chi connectivity index (χ2v) is 5.36. The number of nitrogens with zero attached hydrogens (tertiary/aromatic N) is 3. The first-order valence-electron chi connectivity index (χ1n) is 7.56. The van der Waals surface area contributed by atoms with E-state index in [1.54, 1.807) is 0 Å². The molecule has 0 aliphatic carbocycles. The summed E-state index contributed by atoms with van der Waals surface area (Å²) in [5, 5.41) is 12.3. The fourth-order valence-corrected chi connectivity index (χ4v) is 2.15. The van der Waals surface area contributed by atoms with Gasteiger partial charge < -0.3 is 4.74 Å². The minimum absolute atomic E-state index is 0.0517. The summed E-state index contributed by atoms with van der Waals surface area (Å²) in [7, 11) is 0. The smallest absolute Gasteiger partial charge is 0.416 e. The van der Waals surface area contributed by atoms with Crippen molar-refractivity contribution in [3.05, 3.63) is 57.5 Å². The number of hydrogen-bond donors (Lipinski definition) is 0. The van der Waals surface area contributed by atoms with E-state index in [0.29, 0.717) is 6.42 Å². The third kappa shape index (κ3) is 4.47. The molecule has 2 rings (SSSR count). The Bertz CT molecular complexity index is 914. The van der Waals surface area contributed by atoms with Gasteiger partial charge in [0.15, 0.2) is 0 Å². The van der Waals surface area contributed by atoms with Gasteiger partial charge in [-0.15, -0.1) is 0 Å². The van der Waals surface area contributed by atoms with E-state index in [4.69, 9.17) is 10.00 Å².